The standard InChI is InChI=1S/C30H21Cl2NO4/c31-25-12-6-10-21(28(25)32)15-19-13-14-26-24(16-19)29(34)27(37-30(35)36)18-33(26)17-22-9-4-5-11-23(22)20-7-2-1-3-8-20/h1-14,16,18H,15,17H2,(H,35,36). The second kappa shape index (κ2) is 10.5. The summed E-state index contributed by atoms with van der Waals surface area (Å²) in [6.45, 7) is 0.400. The van der Waals surface area contributed by atoms with Crippen LogP contribution in [-0.2, 0) is 13.0 Å². The van der Waals surface area contributed by atoms with Crippen molar-refractivity contribution in [3.63, 3.8) is 0 Å². The average Bonchev–Trinajstić information content (AvgIpc) is 2.90. The van der Waals surface area contributed by atoms with Crippen LogP contribution in [0.25, 0.3) is 22.0 Å². The van der Waals surface area contributed by atoms with E-state index in [1.54, 1.807) is 12.1 Å². The van der Waals surface area contributed by atoms with Gasteiger partial charge in [-0.05, 0) is 52.4 Å². The van der Waals surface area contributed by atoms with Gasteiger partial charge in [-0.25, -0.2) is 4.79 Å². The molecule has 1 heterocycles. The third kappa shape index (κ3) is 5.24. The number of nitrogens with zero attached hydrogens (tertiary/aromatic N) is 1. The summed E-state index contributed by atoms with van der Waals surface area (Å²) in [5.41, 5.74) is 4.93. The number of rotatable bonds is 6. The van der Waals surface area contributed by atoms with Crippen molar-refractivity contribution in [3.8, 4) is 16.9 Å². The minimum absolute atomic E-state index is 0.255. The van der Waals surface area contributed by atoms with Crippen molar-refractivity contribution in [1.29, 1.82) is 0 Å². The summed E-state index contributed by atoms with van der Waals surface area (Å²) in [5, 5.41) is 10.5. The van der Waals surface area contributed by atoms with Gasteiger partial charge in [-0.1, -0.05) is 96.0 Å². The molecule has 7 heteroatoms. The molecule has 0 saturated carbocycles. The summed E-state index contributed by atoms with van der Waals surface area (Å²) in [7, 11) is 0. The highest BCUT2D eigenvalue weighted by Crippen LogP contribution is 2.29. The highest BCUT2D eigenvalue weighted by Gasteiger charge is 2.16. The quantitative estimate of drug-likeness (QED) is 0.229. The second-order valence-corrected chi connectivity index (χ2v) is 9.37. The predicted octanol–water partition coefficient (Wildman–Crippen LogP) is 7.67. The van der Waals surface area contributed by atoms with E-state index in [1.165, 1.54) is 6.20 Å². The Labute approximate surface area is 223 Å². The van der Waals surface area contributed by atoms with Gasteiger partial charge in [-0.2, -0.15) is 0 Å². The molecular formula is C30H21Cl2NO4. The number of carboxylic acid groups (broad SMARTS) is 1. The highest BCUT2D eigenvalue weighted by atomic mass is 35.5. The first-order valence-corrected chi connectivity index (χ1v) is 12.3. The first-order chi connectivity index (χ1) is 17.9. The van der Waals surface area contributed by atoms with E-state index in [1.807, 2.05) is 83.4 Å². The van der Waals surface area contributed by atoms with Gasteiger partial charge in [0.05, 0.1) is 21.8 Å². The van der Waals surface area contributed by atoms with Crippen LogP contribution in [0.1, 0.15) is 16.7 Å². The number of fused-ring (bicyclic) bond motifs is 1. The van der Waals surface area contributed by atoms with Gasteiger partial charge in [0.1, 0.15) is 0 Å². The topological polar surface area (TPSA) is 68.5 Å². The van der Waals surface area contributed by atoms with Gasteiger partial charge >= 0.3 is 6.16 Å². The maximum absolute atomic E-state index is 13.2. The number of aromatic nitrogens is 1. The zero-order valence-electron chi connectivity index (χ0n) is 19.5. The Morgan fingerprint density at radius 1 is 0.865 bits per heavy atom. The smallest absolute Gasteiger partial charge is 0.449 e. The SMILES string of the molecule is O=C(O)Oc1cn(Cc2ccccc2-c2ccccc2)c2ccc(Cc3cccc(Cl)c3Cl)cc2c1=O. The van der Waals surface area contributed by atoms with Crippen LogP contribution in [0.5, 0.6) is 5.75 Å². The van der Waals surface area contributed by atoms with Crippen LogP contribution in [0.4, 0.5) is 4.79 Å². The maximum Gasteiger partial charge on any atom is 0.511 e. The molecule has 5 rings (SSSR count). The zero-order chi connectivity index (χ0) is 25.9. The Morgan fingerprint density at radius 3 is 2.38 bits per heavy atom. The first kappa shape index (κ1) is 24.6. The highest BCUT2D eigenvalue weighted by molar-refractivity contribution is 6.42. The molecule has 0 aliphatic rings. The Bertz CT molecular complexity index is 1680. The molecule has 0 bridgehead atoms. The van der Waals surface area contributed by atoms with Gasteiger partial charge in [0.25, 0.3) is 0 Å². The molecule has 5 aromatic rings. The largest absolute Gasteiger partial charge is 0.511 e. The number of pyridine rings is 1. The van der Waals surface area contributed by atoms with Crippen molar-refractivity contribution in [2.45, 2.75) is 13.0 Å². The molecule has 0 amide bonds. The normalized spacial score (nSPS) is 11.0. The van der Waals surface area contributed by atoms with Crippen LogP contribution >= 0.6 is 23.2 Å². The summed E-state index contributed by atoms with van der Waals surface area (Å²) in [6, 6.07) is 28.9. The number of hydrogen-bond acceptors (Lipinski definition) is 3. The Balaban J connectivity index is 1.62. The molecule has 0 fully saturated rings. The van der Waals surface area contributed by atoms with Gasteiger partial charge in [0.2, 0.25) is 5.43 Å². The molecule has 0 saturated heterocycles. The molecule has 0 unspecified atom stereocenters. The lowest BCUT2D eigenvalue weighted by molar-refractivity contribution is 0.144. The third-order valence-electron chi connectivity index (χ3n) is 6.18. The number of halogens is 2. The molecule has 0 aliphatic heterocycles. The van der Waals surface area contributed by atoms with Crippen LogP contribution in [0.2, 0.25) is 10.0 Å². The van der Waals surface area contributed by atoms with Crippen LogP contribution in [0, 0.1) is 0 Å². The zero-order valence-corrected chi connectivity index (χ0v) is 21.0. The van der Waals surface area contributed by atoms with Crippen LogP contribution in [-0.4, -0.2) is 15.8 Å². The monoisotopic (exact) mass is 529 g/mol. The summed E-state index contributed by atoms with van der Waals surface area (Å²) in [5.74, 6) is -0.255. The molecule has 0 spiro atoms. The van der Waals surface area contributed by atoms with Crippen LogP contribution in [0.15, 0.2) is 102 Å². The molecule has 1 N–H and O–H groups in total. The fraction of sp³-hybridized carbons (Fsp3) is 0.0667. The molecule has 37 heavy (non-hydrogen) atoms. The predicted molar refractivity (Wildman–Crippen MR) is 147 cm³/mol. The lowest BCUT2D eigenvalue weighted by Crippen LogP contribution is -2.17. The van der Waals surface area contributed by atoms with E-state index >= 15 is 0 Å². The van der Waals surface area contributed by atoms with Gasteiger partial charge in [0.15, 0.2) is 5.75 Å². The van der Waals surface area contributed by atoms with E-state index < -0.39 is 11.6 Å². The molecule has 5 nitrogen and oxygen atoms in total. The van der Waals surface area contributed by atoms with Gasteiger partial charge in [-0.3, -0.25) is 4.79 Å². The molecule has 184 valence electrons. The van der Waals surface area contributed by atoms with Gasteiger partial charge in [0, 0.05) is 11.9 Å². The van der Waals surface area contributed by atoms with Crippen molar-refractivity contribution in [2.75, 3.05) is 0 Å². The maximum atomic E-state index is 13.2. The summed E-state index contributed by atoms with van der Waals surface area (Å²) in [4.78, 5) is 24.6. The number of benzene rings is 4. The van der Waals surface area contributed by atoms with E-state index in [4.69, 9.17) is 27.9 Å². The van der Waals surface area contributed by atoms with Gasteiger partial charge in [-0.15, -0.1) is 0 Å². The second-order valence-electron chi connectivity index (χ2n) is 8.58. The minimum atomic E-state index is -1.55. The molecule has 1 aromatic heterocycles. The summed E-state index contributed by atoms with van der Waals surface area (Å²) >= 11 is 12.5. The van der Waals surface area contributed by atoms with Crippen molar-refractivity contribution in [2.24, 2.45) is 0 Å². The molecule has 0 radical (unpaired) electrons. The fourth-order valence-electron chi connectivity index (χ4n) is 4.47. The van der Waals surface area contributed by atoms with E-state index in [2.05, 4.69) is 0 Å². The lowest BCUT2D eigenvalue weighted by atomic mass is 9.99. The molecular weight excluding hydrogens is 509 g/mol. The third-order valence-corrected chi connectivity index (χ3v) is 7.04. The molecule has 0 atom stereocenters. The van der Waals surface area contributed by atoms with Crippen molar-refractivity contribution in [3.05, 3.63) is 134 Å². The number of ether oxygens (including phenoxy) is 1. The van der Waals surface area contributed by atoms with E-state index in [0.29, 0.717) is 33.9 Å². The summed E-state index contributed by atoms with van der Waals surface area (Å²) < 4.78 is 6.72. The lowest BCUT2D eigenvalue weighted by Gasteiger charge is -2.16. The number of hydrogen-bond donors (Lipinski definition) is 1. The first-order valence-electron chi connectivity index (χ1n) is 11.5. The van der Waals surface area contributed by atoms with Crippen LogP contribution < -0.4 is 10.2 Å². The summed E-state index contributed by atoms with van der Waals surface area (Å²) in [6.07, 6.45) is 0.360. The Kier molecular flexibility index (Phi) is 6.99. The number of carbonyl (C=O) groups is 1. The Morgan fingerprint density at radius 2 is 1.59 bits per heavy atom. The van der Waals surface area contributed by atoms with Gasteiger partial charge < -0.3 is 14.4 Å². The Hall–Kier alpha value is -4.06. The van der Waals surface area contributed by atoms with Crippen molar-refractivity contribution < 1.29 is 14.6 Å². The molecule has 0 aliphatic carbocycles. The van der Waals surface area contributed by atoms with Crippen LogP contribution in [0.3, 0.4) is 0 Å². The van der Waals surface area contributed by atoms with Crippen molar-refractivity contribution in [1.82, 2.24) is 4.57 Å². The fourth-order valence-corrected chi connectivity index (χ4v) is 4.86. The van der Waals surface area contributed by atoms with Crippen molar-refractivity contribution >= 4 is 40.3 Å². The minimum Gasteiger partial charge on any atom is -0.449 e. The average molecular weight is 530 g/mol. The van der Waals surface area contributed by atoms with E-state index in [9.17, 15) is 14.7 Å². The van der Waals surface area contributed by atoms with E-state index in [-0.39, 0.29) is 5.75 Å². The van der Waals surface area contributed by atoms with E-state index in [0.717, 1.165) is 27.8 Å². The molecule has 4 aromatic carbocycles.